The number of hydrogen-bond donors (Lipinski definition) is 0. The molecule has 0 fully saturated rings. The number of esters is 2. The Morgan fingerprint density at radius 1 is 0.828 bits per heavy atom. The molecule has 0 aromatic carbocycles. The van der Waals surface area contributed by atoms with Gasteiger partial charge in [-0.1, -0.05) is 71.3 Å². The van der Waals surface area contributed by atoms with Gasteiger partial charge in [-0.15, -0.1) is 0 Å². The Balaban J connectivity index is 0. The number of carbonyl (C=O) groups is 2. The molecule has 0 bridgehead atoms. The van der Waals surface area contributed by atoms with Crippen molar-refractivity contribution in [3.05, 3.63) is 12.2 Å². The maximum Gasteiger partial charge on any atom is 1.00 e. The van der Waals surface area contributed by atoms with Crippen molar-refractivity contribution in [1.82, 2.24) is 0 Å². The van der Waals surface area contributed by atoms with Gasteiger partial charge in [0.25, 0.3) is 0 Å². The van der Waals surface area contributed by atoms with E-state index >= 15 is 0 Å². The molecule has 0 saturated carbocycles. The maximum absolute atomic E-state index is 11.7. The van der Waals surface area contributed by atoms with Gasteiger partial charge in [-0.25, -0.2) is 13.2 Å². The van der Waals surface area contributed by atoms with Crippen LogP contribution in [-0.2, 0) is 29.2 Å². The van der Waals surface area contributed by atoms with Crippen LogP contribution in [0, 0.1) is 0 Å². The summed E-state index contributed by atoms with van der Waals surface area (Å²) in [5, 5.41) is 0. The molecule has 7 nitrogen and oxygen atoms in total. The van der Waals surface area contributed by atoms with Crippen LogP contribution in [0.4, 0.5) is 0 Å². The van der Waals surface area contributed by atoms with Crippen molar-refractivity contribution in [3.63, 3.8) is 0 Å². The van der Waals surface area contributed by atoms with Gasteiger partial charge in [-0.05, 0) is 12.8 Å². The normalized spacial score (nSPS) is 10.8. The fourth-order valence-corrected chi connectivity index (χ4v) is 3.05. The van der Waals surface area contributed by atoms with Crippen LogP contribution >= 0.6 is 0 Å². The summed E-state index contributed by atoms with van der Waals surface area (Å²) in [6.07, 6.45) is 11.6. The van der Waals surface area contributed by atoms with Crippen LogP contribution in [0.1, 0.15) is 84.0 Å². The minimum absolute atomic E-state index is 0. The largest absolute Gasteiger partial charge is 1.00 e. The van der Waals surface area contributed by atoms with Crippen LogP contribution in [0.3, 0.4) is 0 Å². The number of hydrogen-bond acceptors (Lipinski definition) is 7. The van der Waals surface area contributed by atoms with Gasteiger partial charge >= 0.3 is 41.5 Å². The Bertz CT molecular complexity index is 561. The Morgan fingerprint density at radius 3 is 1.83 bits per heavy atom. The van der Waals surface area contributed by atoms with Gasteiger partial charge in [0, 0.05) is 11.3 Å². The van der Waals surface area contributed by atoms with Gasteiger partial charge in [0.05, 0.1) is 29.8 Å². The van der Waals surface area contributed by atoms with E-state index in [9.17, 15) is 22.6 Å². The van der Waals surface area contributed by atoms with Crippen LogP contribution in [-0.4, -0.2) is 43.9 Å². The summed E-state index contributed by atoms with van der Waals surface area (Å²) < 4.78 is 41.1. The van der Waals surface area contributed by atoms with Crippen LogP contribution in [0.5, 0.6) is 0 Å². The van der Waals surface area contributed by atoms with Crippen LogP contribution in [0.25, 0.3) is 0 Å². The van der Waals surface area contributed by atoms with Crippen LogP contribution < -0.4 is 29.6 Å². The molecular formula is C20H35NaO7S. The van der Waals surface area contributed by atoms with E-state index in [1.165, 1.54) is 44.9 Å². The van der Waals surface area contributed by atoms with Crippen molar-refractivity contribution >= 4 is 22.1 Å². The monoisotopic (exact) mass is 442 g/mol. The van der Waals surface area contributed by atoms with E-state index in [2.05, 4.69) is 13.5 Å². The molecule has 0 aliphatic heterocycles. The summed E-state index contributed by atoms with van der Waals surface area (Å²) in [7, 11) is -4.32. The predicted octanol–water partition coefficient (Wildman–Crippen LogP) is 0.879. The predicted molar refractivity (Wildman–Crippen MR) is 107 cm³/mol. The zero-order valence-corrected chi connectivity index (χ0v) is 20.9. The van der Waals surface area contributed by atoms with E-state index < -0.39 is 27.8 Å². The summed E-state index contributed by atoms with van der Waals surface area (Å²) in [5.41, 5.74) is -0.0574. The Kier molecular flexibility index (Phi) is 20.7. The molecule has 0 aliphatic carbocycles. The molecule has 0 aliphatic rings. The van der Waals surface area contributed by atoms with Crippen molar-refractivity contribution in [2.45, 2.75) is 84.0 Å². The standard InChI is InChI=1S/C20H36O7S.Na/c1-3-4-5-6-7-8-9-10-11-12-14-26-19(21)17-18(2)20(22)27-15-13-16-28(23,24)25;/h2-17H2,1H3,(H,23,24,25);/q;+1/p-1. The number of carbonyl (C=O) groups excluding carboxylic acids is 2. The second-order valence-electron chi connectivity index (χ2n) is 6.93. The minimum Gasteiger partial charge on any atom is -0.748 e. The van der Waals surface area contributed by atoms with E-state index in [1.807, 2.05) is 0 Å². The van der Waals surface area contributed by atoms with Gasteiger partial charge in [0.2, 0.25) is 0 Å². The van der Waals surface area contributed by atoms with E-state index in [0.717, 1.165) is 19.3 Å². The van der Waals surface area contributed by atoms with Crippen molar-refractivity contribution in [2.24, 2.45) is 0 Å². The summed E-state index contributed by atoms with van der Waals surface area (Å²) in [6, 6.07) is 0. The molecule has 0 aromatic rings. The Morgan fingerprint density at radius 2 is 1.31 bits per heavy atom. The first kappa shape index (κ1) is 30.8. The molecular weight excluding hydrogens is 407 g/mol. The number of unbranched alkanes of at least 4 members (excludes halogenated alkanes) is 9. The molecule has 0 atom stereocenters. The van der Waals surface area contributed by atoms with Crippen LogP contribution in [0.2, 0.25) is 0 Å². The maximum atomic E-state index is 11.7. The van der Waals surface area contributed by atoms with Gasteiger partial charge in [0.15, 0.2) is 0 Å². The van der Waals surface area contributed by atoms with E-state index in [-0.39, 0.29) is 54.6 Å². The first-order valence-corrected chi connectivity index (χ1v) is 11.8. The SMILES string of the molecule is C=C(CC(=O)OCCCCCCCCCCCC)C(=O)OCCCS(=O)(=O)[O-].[Na+]. The smallest absolute Gasteiger partial charge is 0.748 e. The molecule has 29 heavy (non-hydrogen) atoms. The average Bonchev–Trinajstić information content (AvgIpc) is 2.62. The van der Waals surface area contributed by atoms with Gasteiger partial charge in [0.1, 0.15) is 0 Å². The molecule has 9 heteroatoms. The first-order chi connectivity index (χ1) is 13.3. The van der Waals surface area contributed by atoms with Crippen molar-refractivity contribution in [3.8, 4) is 0 Å². The number of rotatable bonds is 18. The van der Waals surface area contributed by atoms with Gasteiger partial charge in [-0.2, -0.15) is 0 Å². The molecule has 0 unspecified atom stereocenters. The molecule has 0 aromatic heterocycles. The Hall–Kier alpha value is -0.410. The molecule has 0 N–H and O–H groups in total. The number of ether oxygens (including phenoxy) is 2. The van der Waals surface area contributed by atoms with E-state index in [1.54, 1.807) is 0 Å². The summed E-state index contributed by atoms with van der Waals surface area (Å²) in [6.45, 7) is 5.79. The molecule has 0 heterocycles. The summed E-state index contributed by atoms with van der Waals surface area (Å²) >= 11 is 0. The topological polar surface area (TPSA) is 110 Å². The second-order valence-corrected chi connectivity index (χ2v) is 8.46. The van der Waals surface area contributed by atoms with Crippen molar-refractivity contribution < 1.29 is 61.6 Å². The Labute approximate surface area is 198 Å². The molecule has 0 rings (SSSR count). The van der Waals surface area contributed by atoms with E-state index in [4.69, 9.17) is 9.47 Å². The molecule has 0 radical (unpaired) electrons. The molecule has 0 amide bonds. The summed E-state index contributed by atoms with van der Waals surface area (Å²) in [4.78, 5) is 23.3. The van der Waals surface area contributed by atoms with E-state index in [0.29, 0.717) is 6.61 Å². The minimum atomic E-state index is -4.32. The first-order valence-electron chi connectivity index (χ1n) is 10.2. The fourth-order valence-electron chi connectivity index (χ4n) is 2.58. The fraction of sp³-hybridized carbons (Fsp3) is 0.800. The van der Waals surface area contributed by atoms with Crippen molar-refractivity contribution in [2.75, 3.05) is 19.0 Å². The quantitative estimate of drug-likeness (QED) is 0.102. The zero-order valence-electron chi connectivity index (χ0n) is 18.1. The van der Waals surface area contributed by atoms with Crippen LogP contribution in [0.15, 0.2) is 12.2 Å². The third-order valence-corrected chi connectivity index (χ3v) is 4.97. The average molecular weight is 443 g/mol. The molecule has 0 spiro atoms. The molecule has 0 saturated heterocycles. The van der Waals surface area contributed by atoms with Gasteiger partial charge < -0.3 is 14.0 Å². The summed E-state index contributed by atoms with van der Waals surface area (Å²) in [5.74, 6) is -1.94. The molecule has 164 valence electrons. The third kappa shape index (κ3) is 22.1. The second kappa shape index (κ2) is 19.5. The van der Waals surface area contributed by atoms with Gasteiger partial charge in [-0.3, -0.25) is 4.79 Å². The zero-order chi connectivity index (χ0) is 21.3. The third-order valence-electron chi connectivity index (χ3n) is 4.18. The van der Waals surface area contributed by atoms with Crippen molar-refractivity contribution in [1.29, 1.82) is 0 Å².